The highest BCUT2D eigenvalue weighted by atomic mass is 28.4. The lowest BCUT2D eigenvalue weighted by molar-refractivity contribution is 1.01. The van der Waals surface area contributed by atoms with E-state index in [1.165, 1.54) is 36.3 Å². The third kappa shape index (κ3) is 2.25. The Balaban J connectivity index is 2.51. The highest BCUT2D eigenvalue weighted by Crippen LogP contribution is 2.46. The largest absolute Gasteiger partial charge is 0.393 e. The number of hydrogen-bond acceptors (Lipinski definition) is 4. The molecule has 1 aromatic rings. The van der Waals surface area contributed by atoms with E-state index in [1.54, 1.807) is 12.7 Å². The van der Waals surface area contributed by atoms with Gasteiger partial charge in [0.2, 0.25) is 5.95 Å². The topological polar surface area (TPSA) is 41.9 Å². The van der Waals surface area contributed by atoms with Crippen molar-refractivity contribution in [1.29, 1.82) is 0 Å². The number of hydrogen-bond donors (Lipinski definition) is 0. The van der Waals surface area contributed by atoms with E-state index in [4.69, 9.17) is 0 Å². The van der Waals surface area contributed by atoms with Crippen molar-refractivity contribution in [3.63, 3.8) is 0 Å². The van der Waals surface area contributed by atoms with Gasteiger partial charge >= 0.3 is 0 Å². The van der Waals surface area contributed by atoms with Crippen LogP contribution >= 0.6 is 0 Å². The fourth-order valence-corrected chi connectivity index (χ4v) is 19.3. The molecule has 2 heterocycles. The van der Waals surface area contributed by atoms with E-state index in [-0.39, 0.29) is 0 Å². The Morgan fingerprint density at radius 3 is 1.68 bits per heavy atom. The van der Waals surface area contributed by atoms with Crippen LogP contribution in [-0.2, 0) is 0 Å². The lowest BCUT2D eigenvalue weighted by Gasteiger charge is -2.45. The maximum absolute atomic E-state index is 4.52. The molecule has 1 saturated heterocycles. The molecule has 1 aliphatic heterocycles. The molecule has 0 N–H and O–H groups in total. The molecule has 0 spiro atoms. The minimum Gasteiger partial charge on any atom is -0.393 e. The summed E-state index contributed by atoms with van der Waals surface area (Å²) in [5.41, 5.74) is 0. The minimum atomic E-state index is -1.39. The van der Waals surface area contributed by atoms with Crippen LogP contribution in [0.2, 0.25) is 36.3 Å². The first kappa shape index (κ1) is 14.6. The van der Waals surface area contributed by atoms with Crippen molar-refractivity contribution < 1.29 is 0 Å². The summed E-state index contributed by atoms with van der Waals surface area (Å²) in [6.07, 6.45) is 3.32. The van der Waals surface area contributed by atoms with Gasteiger partial charge in [0.25, 0.3) is 0 Å². The normalized spacial score (nSPS) is 20.7. The van der Waals surface area contributed by atoms with Gasteiger partial charge in [-0.05, 0) is 36.3 Å². The first-order valence-corrected chi connectivity index (χ1v) is 12.7. The van der Waals surface area contributed by atoms with Gasteiger partial charge in [0.1, 0.15) is 29.1 Å². The SMILES string of the molecule is CC[Si]1(CC)CC[Si](CC)(CC)N1c1ncncn1. The monoisotopic (exact) mass is 294 g/mol. The van der Waals surface area contributed by atoms with E-state index in [0.29, 0.717) is 0 Å². The number of nitrogens with zero attached hydrogens (tertiary/aromatic N) is 4. The molecule has 0 bridgehead atoms. The molecule has 0 aromatic carbocycles. The van der Waals surface area contributed by atoms with Crippen LogP contribution in [0.1, 0.15) is 27.7 Å². The highest BCUT2D eigenvalue weighted by molar-refractivity contribution is 7.06. The summed E-state index contributed by atoms with van der Waals surface area (Å²) in [4.78, 5) is 13.0. The molecule has 0 saturated carbocycles. The number of rotatable bonds is 5. The zero-order valence-electron chi connectivity index (χ0n) is 12.7. The molecule has 0 radical (unpaired) electrons. The first-order valence-electron chi connectivity index (χ1n) is 7.60. The quantitative estimate of drug-likeness (QED) is 0.777. The second-order valence-corrected chi connectivity index (χ2v) is 15.7. The fourth-order valence-electron chi connectivity index (χ4n) is 3.80. The van der Waals surface area contributed by atoms with Crippen LogP contribution in [0.15, 0.2) is 12.7 Å². The van der Waals surface area contributed by atoms with Crippen LogP contribution in [0, 0.1) is 0 Å². The third-order valence-electron chi connectivity index (χ3n) is 5.32. The van der Waals surface area contributed by atoms with Gasteiger partial charge in [-0.1, -0.05) is 27.7 Å². The molecule has 0 unspecified atom stereocenters. The van der Waals surface area contributed by atoms with Gasteiger partial charge in [-0.3, -0.25) is 0 Å². The van der Waals surface area contributed by atoms with Gasteiger partial charge in [0.05, 0.1) is 0 Å². The molecule has 106 valence electrons. The van der Waals surface area contributed by atoms with Crippen molar-refractivity contribution in [2.45, 2.75) is 64.0 Å². The zero-order valence-corrected chi connectivity index (χ0v) is 14.7. The maximum Gasteiger partial charge on any atom is 0.211 e. The van der Waals surface area contributed by atoms with Crippen molar-refractivity contribution in [3.05, 3.63) is 12.7 Å². The van der Waals surface area contributed by atoms with E-state index in [0.717, 1.165) is 5.95 Å². The van der Waals surface area contributed by atoms with E-state index >= 15 is 0 Å². The van der Waals surface area contributed by atoms with Crippen LogP contribution in [0.5, 0.6) is 0 Å². The molecule has 1 aliphatic rings. The van der Waals surface area contributed by atoms with E-state index in [2.05, 4.69) is 46.9 Å². The Morgan fingerprint density at radius 2 is 1.32 bits per heavy atom. The predicted molar refractivity (Wildman–Crippen MR) is 85.4 cm³/mol. The van der Waals surface area contributed by atoms with Crippen molar-refractivity contribution in [2.24, 2.45) is 0 Å². The molecule has 1 fully saturated rings. The van der Waals surface area contributed by atoms with Crippen LogP contribution in [0.25, 0.3) is 0 Å². The molecule has 1 aromatic heterocycles. The Kier molecular flexibility index (Phi) is 4.40. The van der Waals surface area contributed by atoms with Crippen LogP contribution in [0.4, 0.5) is 5.95 Å². The molecular formula is C13H26N4Si2. The summed E-state index contributed by atoms with van der Waals surface area (Å²) in [5.74, 6) is 0.984. The van der Waals surface area contributed by atoms with Crippen LogP contribution < -0.4 is 4.23 Å². The Hall–Kier alpha value is -0.756. The minimum absolute atomic E-state index is 0.984. The Labute approximate surface area is 118 Å². The van der Waals surface area contributed by atoms with Crippen molar-refractivity contribution in [3.8, 4) is 0 Å². The van der Waals surface area contributed by atoms with Crippen molar-refractivity contribution >= 4 is 22.4 Å². The van der Waals surface area contributed by atoms with Gasteiger partial charge in [-0.2, -0.15) is 0 Å². The smallest absolute Gasteiger partial charge is 0.211 e. The summed E-state index contributed by atoms with van der Waals surface area (Å²) in [6, 6.07) is 8.18. The lowest BCUT2D eigenvalue weighted by Crippen LogP contribution is -2.60. The molecule has 4 nitrogen and oxygen atoms in total. The number of anilines is 1. The fraction of sp³-hybridized carbons (Fsp3) is 0.769. The van der Waals surface area contributed by atoms with Gasteiger partial charge in [0.15, 0.2) is 0 Å². The standard InChI is InChI=1S/C13H26N4Si2/c1-5-18(6-2)9-10-19(7-3,8-4)17(18)13-15-11-14-12-16-13/h11-12H,5-10H2,1-4H3. The van der Waals surface area contributed by atoms with Crippen molar-refractivity contribution in [1.82, 2.24) is 15.0 Å². The highest BCUT2D eigenvalue weighted by Gasteiger charge is 2.55. The summed E-state index contributed by atoms with van der Waals surface area (Å²) < 4.78 is 2.81. The summed E-state index contributed by atoms with van der Waals surface area (Å²) in [7, 11) is -2.77. The van der Waals surface area contributed by atoms with Gasteiger partial charge < -0.3 is 4.23 Å². The molecule has 6 heteroatoms. The average Bonchev–Trinajstić information content (AvgIpc) is 2.83. The predicted octanol–water partition coefficient (Wildman–Crippen LogP) is 3.66. The average molecular weight is 295 g/mol. The second-order valence-electron chi connectivity index (χ2n) is 5.64. The van der Waals surface area contributed by atoms with Gasteiger partial charge in [-0.25, -0.2) is 15.0 Å². The summed E-state index contributed by atoms with van der Waals surface area (Å²) in [6.45, 7) is 9.50. The molecule has 0 amide bonds. The van der Waals surface area contributed by atoms with E-state index in [1.807, 2.05) is 0 Å². The molecule has 2 rings (SSSR count). The molecule has 19 heavy (non-hydrogen) atoms. The molecule has 0 atom stereocenters. The third-order valence-corrected chi connectivity index (χ3v) is 18.6. The van der Waals surface area contributed by atoms with Crippen LogP contribution in [0.3, 0.4) is 0 Å². The van der Waals surface area contributed by atoms with Gasteiger partial charge in [-0.15, -0.1) is 0 Å². The van der Waals surface area contributed by atoms with Gasteiger partial charge in [0, 0.05) is 0 Å². The van der Waals surface area contributed by atoms with E-state index < -0.39 is 16.5 Å². The number of aromatic nitrogens is 3. The first-order chi connectivity index (χ1) is 9.18. The second kappa shape index (κ2) is 5.70. The zero-order chi connectivity index (χ0) is 13.9. The maximum atomic E-state index is 4.52. The van der Waals surface area contributed by atoms with E-state index in [9.17, 15) is 0 Å². The summed E-state index contributed by atoms with van der Waals surface area (Å²) >= 11 is 0. The Bertz CT molecular complexity index is 384. The lowest BCUT2D eigenvalue weighted by atomic mass is 10.9. The Morgan fingerprint density at radius 1 is 0.895 bits per heavy atom. The molecular weight excluding hydrogens is 268 g/mol. The van der Waals surface area contributed by atoms with Crippen LogP contribution in [-0.4, -0.2) is 31.4 Å². The summed E-state index contributed by atoms with van der Waals surface area (Å²) in [5, 5.41) is 0. The van der Waals surface area contributed by atoms with Crippen molar-refractivity contribution in [2.75, 3.05) is 4.23 Å². The molecule has 0 aliphatic carbocycles.